The first-order valence-corrected chi connectivity index (χ1v) is 7.47. The topological polar surface area (TPSA) is 106 Å². The van der Waals surface area contributed by atoms with Gasteiger partial charge in [-0.05, 0) is 24.1 Å². The molecule has 0 aliphatic carbocycles. The normalized spacial score (nSPS) is 13.3. The average molecular weight is 318 g/mol. The number of fused-ring (bicyclic) bond motifs is 1. The van der Waals surface area contributed by atoms with Gasteiger partial charge < -0.3 is 15.8 Å². The molecular weight excluding hydrogens is 304 g/mol. The van der Waals surface area contributed by atoms with Crippen LogP contribution in [0.5, 0.6) is 0 Å². The van der Waals surface area contributed by atoms with Gasteiger partial charge in [0.2, 0.25) is 0 Å². The number of amides is 3. The van der Waals surface area contributed by atoms with Crippen molar-refractivity contribution in [2.45, 2.75) is 13.0 Å². The van der Waals surface area contributed by atoms with E-state index in [1.165, 1.54) is 17.5 Å². The van der Waals surface area contributed by atoms with Crippen LogP contribution in [0.3, 0.4) is 0 Å². The molecule has 0 atom stereocenters. The van der Waals surface area contributed by atoms with E-state index in [4.69, 9.17) is 10.5 Å². The molecule has 0 saturated heterocycles. The molecule has 0 fully saturated rings. The van der Waals surface area contributed by atoms with Gasteiger partial charge >= 0.3 is 6.03 Å². The number of aromatic nitrogens is 1. The highest BCUT2D eigenvalue weighted by molar-refractivity contribution is 7.17. The summed E-state index contributed by atoms with van der Waals surface area (Å²) in [6, 6.07) is 2.98. The third-order valence-electron chi connectivity index (χ3n) is 3.21. The molecule has 0 saturated carbocycles. The van der Waals surface area contributed by atoms with Crippen molar-refractivity contribution in [3.05, 3.63) is 40.5 Å². The van der Waals surface area contributed by atoms with E-state index in [0.29, 0.717) is 35.9 Å². The molecule has 22 heavy (non-hydrogen) atoms. The van der Waals surface area contributed by atoms with Crippen LogP contribution in [0.1, 0.15) is 20.8 Å². The van der Waals surface area contributed by atoms with Crippen LogP contribution in [-0.2, 0) is 17.8 Å². The van der Waals surface area contributed by atoms with Crippen molar-refractivity contribution < 1.29 is 14.3 Å². The van der Waals surface area contributed by atoms with Crippen LogP contribution in [-0.4, -0.2) is 23.5 Å². The molecule has 4 N–H and O–H groups in total. The zero-order valence-corrected chi connectivity index (χ0v) is 12.4. The summed E-state index contributed by atoms with van der Waals surface area (Å²) in [5, 5.41) is 5.78. The lowest BCUT2D eigenvalue weighted by atomic mass is 10.1. The molecule has 0 aromatic carbocycles. The minimum atomic E-state index is -0.545. The Kier molecular flexibility index (Phi) is 4.03. The summed E-state index contributed by atoms with van der Waals surface area (Å²) in [5.74, 6) is -0.545. The van der Waals surface area contributed by atoms with Gasteiger partial charge in [0.1, 0.15) is 5.00 Å². The summed E-state index contributed by atoms with van der Waals surface area (Å²) < 4.78 is 5.37. The third kappa shape index (κ3) is 2.92. The Morgan fingerprint density at radius 3 is 2.95 bits per heavy atom. The van der Waals surface area contributed by atoms with Crippen LogP contribution >= 0.6 is 11.3 Å². The van der Waals surface area contributed by atoms with E-state index in [9.17, 15) is 9.59 Å². The van der Waals surface area contributed by atoms with E-state index in [-0.39, 0.29) is 0 Å². The van der Waals surface area contributed by atoms with Crippen molar-refractivity contribution in [3.8, 4) is 0 Å². The predicted octanol–water partition coefficient (Wildman–Crippen LogP) is 1.96. The summed E-state index contributed by atoms with van der Waals surface area (Å²) >= 11 is 1.32. The number of pyridine rings is 1. The summed E-state index contributed by atoms with van der Waals surface area (Å²) in [7, 11) is 0. The molecule has 3 heterocycles. The van der Waals surface area contributed by atoms with Crippen LogP contribution < -0.4 is 16.4 Å². The number of thiophene rings is 1. The average Bonchev–Trinajstić information content (AvgIpc) is 2.85. The first-order valence-electron chi connectivity index (χ1n) is 6.65. The molecule has 8 heteroatoms. The Balaban J connectivity index is 1.81. The SMILES string of the molecule is NC(=O)c1c(NC(=O)Nc2cccnc2)sc2c1CCOC2. The fourth-order valence-corrected chi connectivity index (χ4v) is 3.47. The third-order valence-corrected chi connectivity index (χ3v) is 4.33. The second-order valence-corrected chi connectivity index (χ2v) is 5.80. The standard InChI is InChI=1S/C14H14N4O3S/c15-12(19)11-9-3-5-21-7-10(9)22-13(11)18-14(20)17-8-2-1-4-16-6-8/h1-2,4,6H,3,5,7H2,(H2,15,19)(H2,17,18,20). The van der Waals surface area contributed by atoms with Gasteiger partial charge in [0.15, 0.2) is 0 Å². The van der Waals surface area contributed by atoms with Crippen LogP contribution in [0.25, 0.3) is 0 Å². The number of urea groups is 1. The summed E-state index contributed by atoms with van der Waals surface area (Å²) in [4.78, 5) is 28.6. The highest BCUT2D eigenvalue weighted by Gasteiger charge is 2.25. The molecule has 1 aliphatic rings. The number of ether oxygens (including phenoxy) is 1. The summed E-state index contributed by atoms with van der Waals surface area (Å²) in [6.45, 7) is 0.984. The maximum atomic E-state index is 12.0. The van der Waals surface area contributed by atoms with Crippen molar-refractivity contribution in [2.75, 3.05) is 17.2 Å². The van der Waals surface area contributed by atoms with E-state index < -0.39 is 11.9 Å². The molecular formula is C14H14N4O3S. The number of anilines is 2. The maximum Gasteiger partial charge on any atom is 0.324 e. The Morgan fingerprint density at radius 2 is 2.23 bits per heavy atom. The van der Waals surface area contributed by atoms with Crippen LogP contribution in [0.4, 0.5) is 15.5 Å². The molecule has 7 nitrogen and oxygen atoms in total. The number of nitrogens with two attached hydrogens (primary N) is 1. The van der Waals surface area contributed by atoms with Crippen LogP contribution in [0.15, 0.2) is 24.5 Å². The molecule has 1 aliphatic heterocycles. The van der Waals surface area contributed by atoms with E-state index in [1.54, 1.807) is 18.3 Å². The molecule has 114 valence electrons. The number of primary amides is 1. The van der Waals surface area contributed by atoms with E-state index in [0.717, 1.165) is 10.4 Å². The van der Waals surface area contributed by atoms with Gasteiger partial charge in [-0.15, -0.1) is 11.3 Å². The van der Waals surface area contributed by atoms with E-state index in [2.05, 4.69) is 15.6 Å². The number of hydrogen-bond acceptors (Lipinski definition) is 5. The first kappa shape index (κ1) is 14.5. The molecule has 0 radical (unpaired) electrons. The largest absolute Gasteiger partial charge is 0.376 e. The van der Waals surface area contributed by atoms with Gasteiger partial charge in [0.25, 0.3) is 5.91 Å². The minimum absolute atomic E-state index is 0.379. The quantitative estimate of drug-likeness (QED) is 0.804. The Morgan fingerprint density at radius 1 is 1.36 bits per heavy atom. The summed E-state index contributed by atoms with van der Waals surface area (Å²) in [5.41, 5.74) is 7.27. The molecule has 3 amide bonds. The molecule has 0 bridgehead atoms. The smallest absolute Gasteiger partial charge is 0.324 e. The Hall–Kier alpha value is -2.45. The molecule has 0 spiro atoms. The molecule has 2 aromatic rings. The van der Waals surface area contributed by atoms with Crippen molar-refractivity contribution in [2.24, 2.45) is 5.73 Å². The monoisotopic (exact) mass is 318 g/mol. The highest BCUT2D eigenvalue weighted by Crippen LogP contribution is 2.36. The second kappa shape index (κ2) is 6.12. The number of nitrogens with zero attached hydrogens (tertiary/aromatic N) is 1. The van der Waals surface area contributed by atoms with Crippen LogP contribution in [0, 0.1) is 0 Å². The summed E-state index contributed by atoms with van der Waals surface area (Å²) in [6.07, 6.45) is 3.76. The number of carbonyl (C=O) groups is 2. The first-order chi connectivity index (χ1) is 10.6. The fraction of sp³-hybridized carbons (Fsp3) is 0.214. The zero-order chi connectivity index (χ0) is 15.5. The number of nitrogens with one attached hydrogen (secondary N) is 2. The Bertz CT molecular complexity index is 714. The van der Waals surface area contributed by atoms with Gasteiger partial charge in [-0.3, -0.25) is 15.1 Å². The second-order valence-electron chi connectivity index (χ2n) is 4.70. The van der Waals surface area contributed by atoms with Crippen LogP contribution in [0.2, 0.25) is 0 Å². The zero-order valence-electron chi connectivity index (χ0n) is 11.6. The minimum Gasteiger partial charge on any atom is -0.376 e. The lowest BCUT2D eigenvalue weighted by Crippen LogP contribution is -2.22. The highest BCUT2D eigenvalue weighted by atomic mass is 32.1. The van der Waals surface area contributed by atoms with E-state index in [1.807, 2.05) is 0 Å². The van der Waals surface area contributed by atoms with Gasteiger partial charge in [-0.2, -0.15) is 0 Å². The van der Waals surface area contributed by atoms with Crippen molar-refractivity contribution in [1.82, 2.24) is 4.98 Å². The van der Waals surface area contributed by atoms with Gasteiger partial charge in [0, 0.05) is 11.1 Å². The number of carbonyl (C=O) groups excluding carboxylic acids is 2. The number of hydrogen-bond donors (Lipinski definition) is 3. The van der Waals surface area contributed by atoms with Crippen molar-refractivity contribution >= 4 is 34.0 Å². The van der Waals surface area contributed by atoms with Gasteiger partial charge in [-0.1, -0.05) is 0 Å². The fourth-order valence-electron chi connectivity index (χ4n) is 2.28. The van der Waals surface area contributed by atoms with Crippen molar-refractivity contribution in [1.29, 1.82) is 0 Å². The van der Waals surface area contributed by atoms with E-state index >= 15 is 0 Å². The molecule has 3 rings (SSSR count). The number of rotatable bonds is 3. The lowest BCUT2D eigenvalue weighted by molar-refractivity contribution is 0.0991. The van der Waals surface area contributed by atoms with Gasteiger partial charge in [-0.25, -0.2) is 4.79 Å². The van der Waals surface area contributed by atoms with Crippen molar-refractivity contribution in [3.63, 3.8) is 0 Å². The Labute approximate surface area is 130 Å². The predicted molar refractivity (Wildman–Crippen MR) is 83.1 cm³/mol. The lowest BCUT2D eigenvalue weighted by Gasteiger charge is -2.12. The molecule has 0 unspecified atom stereocenters. The van der Waals surface area contributed by atoms with Gasteiger partial charge in [0.05, 0.1) is 30.7 Å². The maximum absolute atomic E-state index is 12.0. The molecule has 2 aromatic heterocycles.